The van der Waals surface area contributed by atoms with E-state index in [0.717, 1.165) is 22.0 Å². The first kappa shape index (κ1) is 11.6. The van der Waals surface area contributed by atoms with Crippen molar-refractivity contribution in [1.29, 1.82) is 0 Å². The zero-order valence-corrected chi connectivity index (χ0v) is 11.1. The Morgan fingerprint density at radius 2 is 1.69 bits per heavy atom. The molecule has 0 saturated heterocycles. The molecule has 0 fully saturated rings. The van der Waals surface area contributed by atoms with Crippen LogP contribution in [0.2, 0.25) is 5.02 Å². The highest BCUT2D eigenvalue weighted by atomic mass is 35.5. The minimum atomic E-state index is 0.0158. The highest BCUT2D eigenvalue weighted by molar-refractivity contribution is 6.99. The smallest absolute Gasteiger partial charge is 0.108 e. The molecule has 0 bridgehead atoms. The first-order valence-corrected chi connectivity index (χ1v) is 6.18. The van der Waals surface area contributed by atoms with E-state index in [1.54, 1.807) is 0 Å². The predicted octanol–water partition coefficient (Wildman–Crippen LogP) is 4.16. The highest BCUT2D eigenvalue weighted by Gasteiger charge is 2.22. The van der Waals surface area contributed by atoms with Crippen LogP contribution in [0.1, 0.15) is 26.5 Å². The number of rotatable bonds is 1. The Morgan fingerprint density at radius 3 is 2.25 bits per heavy atom. The summed E-state index contributed by atoms with van der Waals surface area (Å²) in [6.45, 7) is 6.43. The lowest BCUT2D eigenvalue weighted by atomic mass is 9.89. The molecule has 0 atom stereocenters. The van der Waals surface area contributed by atoms with Crippen LogP contribution in [0.3, 0.4) is 0 Å². The lowest BCUT2D eigenvalue weighted by molar-refractivity contribution is 0.577. The van der Waals surface area contributed by atoms with Gasteiger partial charge in [0.1, 0.15) is 5.69 Å². The maximum Gasteiger partial charge on any atom is 0.108 e. The Bertz CT molecular complexity index is 482. The van der Waals surface area contributed by atoms with E-state index >= 15 is 0 Å². The summed E-state index contributed by atoms with van der Waals surface area (Å²) in [5.74, 6) is 0. The highest BCUT2D eigenvalue weighted by Crippen LogP contribution is 2.31. The molecule has 0 unspecified atom stereocenters. The molecule has 2 aromatic rings. The molecule has 0 radical (unpaired) electrons. The zero-order chi connectivity index (χ0) is 11.8. The van der Waals surface area contributed by atoms with Gasteiger partial charge in [-0.2, -0.15) is 8.75 Å². The average molecular weight is 253 g/mol. The van der Waals surface area contributed by atoms with Crippen molar-refractivity contribution in [3.8, 4) is 11.3 Å². The molecule has 0 spiro atoms. The van der Waals surface area contributed by atoms with Crippen LogP contribution in [0.25, 0.3) is 11.3 Å². The van der Waals surface area contributed by atoms with Gasteiger partial charge in [-0.1, -0.05) is 44.5 Å². The van der Waals surface area contributed by atoms with E-state index in [0.29, 0.717) is 0 Å². The summed E-state index contributed by atoms with van der Waals surface area (Å²) in [6, 6.07) is 7.72. The quantitative estimate of drug-likeness (QED) is 0.762. The number of nitrogens with zero attached hydrogens (tertiary/aromatic N) is 2. The number of benzene rings is 1. The van der Waals surface area contributed by atoms with Gasteiger partial charge in [0.05, 0.1) is 17.4 Å². The minimum absolute atomic E-state index is 0.0158. The predicted molar refractivity (Wildman–Crippen MR) is 69.1 cm³/mol. The van der Waals surface area contributed by atoms with Crippen molar-refractivity contribution in [2.75, 3.05) is 0 Å². The molecule has 2 rings (SSSR count). The van der Waals surface area contributed by atoms with Crippen molar-refractivity contribution < 1.29 is 0 Å². The second kappa shape index (κ2) is 4.15. The molecule has 0 amide bonds. The van der Waals surface area contributed by atoms with Crippen molar-refractivity contribution in [3.63, 3.8) is 0 Å². The van der Waals surface area contributed by atoms with Crippen LogP contribution in [0.5, 0.6) is 0 Å². The topological polar surface area (TPSA) is 25.8 Å². The van der Waals surface area contributed by atoms with E-state index in [9.17, 15) is 0 Å². The molecule has 4 heteroatoms. The van der Waals surface area contributed by atoms with Crippen molar-refractivity contribution in [1.82, 2.24) is 8.75 Å². The van der Waals surface area contributed by atoms with Gasteiger partial charge in [-0.25, -0.2) is 0 Å². The van der Waals surface area contributed by atoms with E-state index < -0.39 is 0 Å². The van der Waals surface area contributed by atoms with Crippen LogP contribution in [0, 0.1) is 0 Å². The summed E-state index contributed by atoms with van der Waals surface area (Å²) >= 11 is 7.13. The summed E-state index contributed by atoms with van der Waals surface area (Å²) in [5.41, 5.74) is 3.10. The molecule has 0 N–H and O–H groups in total. The molecular weight excluding hydrogens is 240 g/mol. The molecule has 84 valence electrons. The first-order valence-electron chi connectivity index (χ1n) is 5.07. The van der Waals surface area contributed by atoms with E-state index in [4.69, 9.17) is 11.6 Å². The summed E-state index contributed by atoms with van der Waals surface area (Å²) in [6.07, 6.45) is 0. The molecule has 16 heavy (non-hydrogen) atoms. The van der Waals surface area contributed by atoms with E-state index in [1.807, 2.05) is 24.3 Å². The third-order valence-corrected chi connectivity index (χ3v) is 3.10. The lowest BCUT2D eigenvalue weighted by Gasteiger charge is -2.16. The molecule has 0 saturated carbocycles. The van der Waals surface area contributed by atoms with Crippen molar-refractivity contribution in [2.45, 2.75) is 26.2 Å². The number of aromatic nitrogens is 2. The van der Waals surface area contributed by atoms with Crippen LogP contribution in [0.15, 0.2) is 24.3 Å². The summed E-state index contributed by atoms with van der Waals surface area (Å²) in [5, 5.41) is 0.740. The summed E-state index contributed by atoms with van der Waals surface area (Å²) in [7, 11) is 0. The van der Waals surface area contributed by atoms with Crippen molar-refractivity contribution in [3.05, 3.63) is 35.0 Å². The Morgan fingerprint density at radius 1 is 1.06 bits per heavy atom. The Labute approximate surface area is 105 Å². The Hall–Kier alpha value is -0.930. The fraction of sp³-hybridized carbons (Fsp3) is 0.333. The SMILES string of the molecule is CC(C)(C)c1nsnc1-c1ccc(Cl)cc1. The van der Waals surface area contributed by atoms with Gasteiger partial charge in [0.2, 0.25) is 0 Å². The maximum absolute atomic E-state index is 5.87. The Kier molecular flexibility index (Phi) is 3.00. The van der Waals surface area contributed by atoms with Crippen LogP contribution < -0.4 is 0 Å². The third-order valence-electron chi connectivity index (χ3n) is 2.32. The van der Waals surface area contributed by atoms with Gasteiger partial charge in [-0.3, -0.25) is 0 Å². The normalized spacial score (nSPS) is 11.8. The molecule has 0 aliphatic carbocycles. The van der Waals surface area contributed by atoms with Gasteiger partial charge in [-0.15, -0.1) is 0 Å². The van der Waals surface area contributed by atoms with Gasteiger partial charge >= 0.3 is 0 Å². The van der Waals surface area contributed by atoms with Gasteiger partial charge < -0.3 is 0 Å². The Balaban J connectivity index is 2.49. The molecule has 2 nitrogen and oxygen atoms in total. The first-order chi connectivity index (χ1) is 7.48. The number of hydrogen-bond donors (Lipinski definition) is 0. The summed E-state index contributed by atoms with van der Waals surface area (Å²) < 4.78 is 8.75. The second-order valence-corrected chi connectivity index (χ2v) is 5.68. The van der Waals surface area contributed by atoms with Gasteiger partial charge in [0.25, 0.3) is 0 Å². The van der Waals surface area contributed by atoms with Crippen LogP contribution >= 0.6 is 23.3 Å². The molecule has 0 aliphatic rings. The third kappa shape index (κ3) is 2.25. The van der Waals surface area contributed by atoms with Crippen LogP contribution in [-0.2, 0) is 5.41 Å². The maximum atomic E-state index is 5.87. The standard InChI is InChI=1S/C12H13ClN2S/c1-12(2,3)11-10(14-16-15-11)8-4-6-9(13)7-5-8/h4-7H,1-3H3. The zero-order valence-electron chi connectivity index (χ0n) is 9.49. The fourth-order valence-electron chi connectivity index (χ4n) is 1.48. The van der Waals surface area contributed by atoms with E-state index in [2.05, 4.69) is 29.5 Å². The lowest BCUT2D eigenvalue weighted by Crippen LogP contribution is -2.12. The molecule has 1 aromatic heterocycles. The van der Waals surface area contributed by atoms with Crippen molar-refractivity contribution in [2.24, 2.45) is 0 Å². The minimum Gasteiger partial charge on any atom is -0.177 e. The molecular formula is C12H13ClN2S. The molecule has 0 aliphatic heterocycles. The second-order valence-electron chi connectivity index (χ2n) is 4.72. The molecule has 1 heterocycles. The number of halogens is 1. The van der Waals surface area contributed by atoms with Crippen LogP contribution in [0.4, 0.5) is 0 Å². The fourth-order valence-corrected chi connectivity index (χ4v) is 2.36. The largest absolute Gasteiger partial charge is 0.177 e. The van der Waals surface area contributed by atoms with Gasteiger partial charge in [0.15, 0.2) is 0 Å². The van der Waals surface area contributed by atoms with Crippen molar-refractivity contribution >= 4 is 23.3 Å². The summed E-state index contributed by atoms with van der Waals surface area (Å²) in [4.78, 5) is 0. The van der Waals surface area contributed by atoms with Gasteiger partial charge in [0, 0.05) is 16.0 Å². The van der Waals surface area contributed by atoms with Crippen LogP contribution in [-0.4, -0.2) is 8.75 Å². The van der Waals surface area contributed by atoms with E-state index in [-0.39, 0.29) is 5.41 Å². The number of hydrogen-bond acceptors (Lipinski definition) is 3. The van der Waals surface area contributed by atoms with Gasteiger partial charge in [-0.05, 0) is 12.1 Å². The van der Waals surface area contributed by atoms with E-state index in [1.165, 1.54) is 11.7 Å². The monoisotopic (exact) mass is 252 g/mol. The average Bonchev–Trinajstić information content (AvgIpc) is 2.66. The molecule has 1 aromatic carbocycles.